The van der Waals surface area contributed by atoms with E-state index in [0.29, 0.717) is 27.6 Å². The van der Waals surface area contributed by atoms with E-state index in [0.717, 1.165) is 0 Å². The summed E-state index contributed by atoms with van der Waals surface area (Å²) in [6, 6.07) is 7.93. The Balaban J connectivity index is 1.99. The molecular weight excluding hydrogens is 326 g/mol. The van der Waals surface area contributed by atoms with Crippen LogP contribution in [0.1, 0.15) is 18.5 Å². The summed E-state index contributed by atoms with van der Waals surface area (Å²) in [4.78, 5) is 12.5. The lowest BCUT2D eigenvalue weighted by atomic mass is 10.1. The van der Waals surface area contributed by atoms with Crippen LogP contribution in [-0.4, -0.2) is 15.0 Å². The molecule has 0 aliphatic heterocycles. The Morgan fingerprint density at radius 2 is 1.95 bits per heavy atom. The Morgan fingerprint density at radius 1 is 1.14 bits per heavy atom. The number of nitrogens with zero attached hydrogens (tertiary/aromatic N) is 3. The van der Waals surface area contributed by atoms with Crippen molar-refractivity contribution in [1.82, 2.24) is 15.0 Å². The van der Waals surface area contributed by atoms with Crippen molar-refractivity contribution in [2.45, 2.75) is 13.0 Å². The van der Waals surface area contributed by atoms with Crippen molar-refractivity contribution < 1.29 is 4.39 Å². The Bertz CT molecular complexity index is 841. The van der Waals surface area contributed by atoms with Crippen molar-refractivity contribution in [3.05, 3.63) is 58.2 Å². The number of aromatic nitrogens is 3. The largest absolute Gasteiger partial charge is 0.362 e. The normalized spacial score (nSPS) is 12.4. The summed E-state index contributed by atoms with van der Waals surface area (Å²) in [5.41, 5.74) is 1.63. The van der Waals surface area contributed by atoms with E-state index in [1.54, 1.807) is 24.3 Å². The number of fused-ring (bicyclic) bond motifs is 1. The van der Waals surface area contributed by atoms with E-state index in [-0.39, 0.29) is 11.1 Å². The lowest BCUT2D eigenvalue weighted by Gasteiger charge is -2.16. The van der Waals surface area contributed by atoms with E-state index in [1.165, 1.54) is 12.4 Å². The van der Waals surface area contributed by atoms with Crippen molar-refractivity contribution in [3.8, 4) is 0 Å². The number of pyridine rings is 1. The average Bonchev–Trinajstić information content (AvgIpc) is 2.50. The summed E-state index contributed by atoms with van der Waals surface area (Å²) in [6.07, 6.45) is 1.42. The van der Waals surface area contributed by atoms with Gasteiger partial charge >= 0.3 is 0 Å². The van der Waals surface area contributed by atoms with Crippen molar-refractivity contribution in [1.29, 1.82) is 0 Å². The molecule has 22 heavy (non-hydrogen) atoms. The summed E-state index contributed by atoms with van der Waals surface area (Å²) in [5, 5.41) is 3.55. The summed E-state index contributed by atoms with van der Waals surface area (Å²) in [7, 11) is 0. The molecule has 0 fully saturated rings. The van der Waals surface area contributed by atoms with Gasteiger partial charge in [0.15, 0.2) is 5.82 Å². The summed E-state index contributed by atoms with van der Waals surface area (Å²) in [6.45, 7) is 1.81. The topological polar surface area (TPSA) is 50.7 Å². The summed E-state index contributed by atoms with van der Waals surface area (Å²) < 4.78 is 14.1. The molecule has 112 valence electrons. The van der Waals surface area contributed by atoms with Crippen LogP contribution in [-0.2, 0) is 0 Å². The summed E-state index contributed by atoms with van der Waals surface area (Å²) >= 11 is 11.7. The van der Waals surface area contributed by atoms with Crippen molar-refractivity contribution in [2.24, 2.45) is 0 Å². The first-order valence-corrected chi connectivity index (χ1v) is 7.29. The molecule has 0 radical (unpaired) electrons. The second-order valence-corrected chi connectivity index (χ2v) is 5.53. The molecule has 0 saturated carbocycles. The Kier molecular flexibility index (Phi) is 4.09. The molecule has 0 saturated heterocycles. The molecule has 1 aromatic carbocycles. The molecule has 0 aliphatic carbocycles. The Labute approximate surface area is 136 Å². The van der Waals surface area contributed by atoms with Crippen LogP contribution in [0, 0.1) is 5.82 Å². The molecule has 0 amide bonds. The maximum atomic E-state index is 14.1. The molecule has 0 aliphatic rings. The lowest BCUT2D eigenvalue weighted by molar-refractivity contribution is 0.600. The standard InChI is InChI=1S/C15H11Cl2FN4/c1-8(9-3-2-4-10(16)13(9)18)21-15-14-11(19-7-20-15)5-6-12(17)22-14/h2-8H,1H3,(H,19,20,21). The molecule has 1 atom stereocenters. The third kappa shape index (κ3) is 2.82. The highest BCUT2D eigenvalue weighted by atomic mass is 35.5. The number of benzene rings is 1. The fourth-order valence-electron chi connectivity index (χ4n) is 2.16. The maximum absolute atomic E-state index is 14.1. The first-order valence-electron chi connectivity index (χ1n) is 6.54. The van der Waals surface area contributed by atoms with Gasteiger partial charge in [-0.15, -0.1) is 0 Å². The predicted molar refractivity (Wildman–Crippen MR) is 85.8 cm³/mol. The molecular formula is C15H11Cl2FN4. The minimum Gasteiger partial charge on any atom is -0.362 e. The van der Waals surface area contributed by atoms with Gasteiger partial charge < -0.3 is 5.32 Å². The molecule has 0 bridgehead atoms. The zero-order valence-corrected chi connectivity index (χ0v) is 13.0. The average molecular weight is 337 g/mol. The number of rotatable bonds is 3. The van der Waals surface area contributed by atoms with Gasteiger partial charge in [0, 0.05) is 5.56 Å². The van der Waals surface area contributed by atoms with Crippen molar-refractivity contribution >= 4 is 40.1 Å². The van der Waals surface area contributed by atoms with Crippen LogP contribution in [0.4, 0.5) is 10.2 Å². The fourth-order valence-corrected chi connectivity index (χ4v) is 2.49. The highest BCUT2D eigenvalue weighted by molar-refractivity contribution is 6.30. The van der Waals surface area contributed by atoms with Crippen LogP contribution >= 0.6 is 23.2 Å². The number of halogens is 3. The van der Waals surface area contributed by atoms with Crippen LogP contribution in [0.15, 0.2) is 36.7 Å². The van der Waals surface area contributed by atoms with Crippen molar-refractivity contribution in [2.75, 3.05) is 5.32 Å². The third-order valence-corrected chi connectivity index (χ3v) is 3.75. The predicted octanol–water partition coefficient (Wildman–Crippen LogP) is 4.64. The number of hydrogen-bond donors (Lipinski definition) is 1. The molecule has 4 nitrogen and oxygen atoms in total. The Morgan fingerprint density at radius 3 is 2.77 bits per heavy atom. The summed E-state index contributed by atoms with van der Waals surface area (Å²) in [5.74, 6) is 0.0351. The van der Waals surface area contributed by atoms with Gasteiger partial charge in [0.1, 0.15) is 22.8 Å². The van der Waals surface area contributed by atoms with E-state index in [2.05, 4.69) is 20.3 Å². The second-order valence-electron chi connectivity index (χ2n) is 4.73. The van der Waals surface area contributed by atoms with Gasteiger partial charge in [-0.2, -0.15) is 0 Å². The van der Waals surface area contributed by atoms with E-state index < -0.39 is 5.82 Å². The van der Waals surface area contributed by atoms with Gasteiger partial charge in [-0.05, 0) is 25.1 Å². The highest BCUT2D eigenvalue weighted by Crippen LogP contribution is 2.27. The van der Waals surface area contributed by atoms with Gasteiger partial charge in [-0.1, -0.05) is 35.3 Å². The van der Waals surface area contributed by atoms with Gasteiger partial charge in [0.05, 0.1) is 16.6 Å². The zero-order chi connectivity index (χ0) is 15.7. The quantitative estimate of drug-likeness (QED) is 0.707. The molecule has 3 aromatic rings. The van der Waals surface area contributed by atoms with Crippen LogP contribution in [0.3, 0.4) is 0 Å². The molecule has 7 heteroatoms. The Hall–Kier alpha value is -1.98. The van der Waals surface area contributed by atoms with Crippen molar-refractivity contribution in [3.63, 3.8) is 0 Å². The van der Waals surface area contributed by atoms with E-state index in [1.807, 2.05) is 6.92 Å². The highest BCUT2D eigenvalue weighted by Gasteiger charge is 2.15. The molecule has 3 rings (SSSR count). The van der Waals surface area contributed by atoms with Gasteiger partial charge in [-0.3, -0.25) is 0 Å². The van der Waals surface area contributed by atoms with E-state index in [4.69, 9.17) is 23.2 Å². The minimum atomic E-state index is -0.450. The SMILES string of the molecule is CC(Nc1ncnc2ccc(Cl)nc12)c1cccc(Cl)c1F. The smallest absolute Gasteiger partial charge is 0.156 e. The molecule has 1 unspecified atom stereocenters. The lowest BCUT2D eigenvalue weighted by Crippen LogP contribution is -2.11. The minimum absolute atomic E-state index is 0.0832. The zero-order valence-electron chi connectivity index (χ0n) is 11.5. The molecule has 2 heterocycles. The number of nitrogens with one attached hydrogen (secondary N) is 1. The third-order valence-electron chi connectivity index (χ3n) is 3.25. The van der Waals surface area contributed by atoms with E-state index in [9.17, 15) is 4.39 Å². The first-order chi connectivity index (χ1) is 10.6. The van der Waals surface area contributed by atoms with Crippen LogP contribution in [0.25, 0.3) is 11.0 Å². The van der Waals surface area contributed by atoms with Gasteiger partial charge in [0.2, 0.25) is 0 Å². The van der Waals surface area contributed by atoms with E-state index >= 15 is 0 Å². The number of anilines is 1. The second kappa shape index (κ2) is 6.02. The maximum Gasteiger partial charge on any atom is 0.156 e. The molecule has 0 spiro atoms. The molecule has 2 aromatic heterocycles. The van der Waals surface area contributed by atoms with Crippen LogP contribution < -0.4 is 5.32 Å². The van der Waals surface area contributed by atoms with Crippen LogP contribution in [0.5, 0.6) is 0 Å². The number of hydrogen-bond acceptors (Lipinski definition) is 4. The van der Waals surface area contributed by atoms with Crippen LogP contribution in [0.2, 0.25) is 10.2 Å². The monoisotopic (exact) mass is 336 g/mol. The van der Waals surface area contributed by atoms with Gasteiger partial charge in [0.25, 0.3) is 0 Å². The fraction of sp³-hybridized carbons (Fsp3) is 0.133. The molecule has 1 N–H and O–H groups in total. The first kappa shape index (κ1) is 14.9. The van der Waals surface area contributed by atoms with Gasteiger partial charge in [-0.25, -0.2) is 19.3 Å².